The van der Waals surface area contributed by atoms with Gasteiger partial charge in [0, 0.05) is 12.0 Å². The van der Waals surface area contributed by atoms with Crippen molar-refractivity contribution >= 4 is 18.0 Å². The lowest BCUT2D eigenvalue weighted by molar-refractivity contribution is -0.144. The number of fused-ring (bicyclic) bond motifs is 3. The van der Waals surface area contributed by atoms with Crippen LogP contribution < -0.4 is 10.6 Å². The molecule has 0 heterocycles. The number of carbonyl (C=O) groups is 3. The second-order valence-corrected chi connectivity index (χ2v) is 8.95. The summed E-state index contributed by atoms with van der Waals surface area (Å²) in [5.74, 6) is -2.46. The molecule has 0 saturated carbocycles. The molecule has 0 aliphatic heterocycles. The maximum Gasteiger partial charge on any atom is 0.407 e. The van der Waals surface area contributed by atoms with Gasteiger partial charge in [-0.05, 0) is 41.5 Å². The van der Waals surface area contributed by atoms with E-state index in [-0.39, 0.29) is 24.9 Å². The van der Waals surface area contributed by atoms with E-state index in [4.69, 9.17) is 4.74 Å². The van der Waals surface area contributed by atoms with Crippen molar-refractivity contribution in [2.45, 2.75) is 45.2 Å². The molecule has 0 radical (unpaired) electrons. The molecule has 180 valence electrons. The molecule has 1 aliphatic carbocycles. The average molecular weight is 465 g/mol. The van der Waals surface area contributed by atoms with Gasteiger partial charge in [-0.2, -0.15) is 0 Å². The van der Waals surface area contributed by atoms with Gasteiger partial charge in [0.05, 0.1) is 5.92 Å². The normalized spacial score (nSPS) is 14.9. The van der Waals surface area contributed by atoms with Crippen LogP contribution in [0.4, 0.5) is 4.79 Å². The first-order chi connectivity index (χ1) is 16.2. The molecular formula is C27H32N2O5. The van der Waals surface area contributed by atoms with Gasteiger partial charge in [-0.3, -0.25) is 9.59 Å². The highest BCUT2D eigenvalue weighted by Crippen LogP contribution is 2.44. The number of nitrogens with one attached hydrogen (secondary N) is 2. The summed E-state index contributed by atoms with van der Waals surface area (Å²) in [4.78, 5) is 37.0. The highest BCUT2D eigenvalue weighted by atomic mass is 16.5. The third kappa shape index (κ3) is 5.47. The van der Waals surface area contributed by atoms with Crippen molar-refractivity contribution in [3.8, 4) is 11.1 Å². The van der Waals surface area contributed by atoms with Crippen LogP contribution in [0.25, 0.3) is 11.1 Å². The van der Waals surface area contributed by atoms with Crippen molar-refractivity contribution in [1.29, 1.82) is 0 Å². The van der Waals surface area contributed by atoms with Crippen LogP contribution in [0.2, 0.25) is 0 Å². The van der Waals surface area contributed by atoms with Crippen LogP contribution in [-0.4, -0.2) is 41.8 Å². The highest BCUT2D eigenvalue weighted by Gasteiger charge is 2.32. The Morgan fingerprint density at radius 2 is 1.56 bits per heavy atom. The van der Waals surface area contributed by atoms with Crippen LogP contribution in [0.5, 0.6) is 0 Å². The van der Waals surface area contributed by atoms with Crippen molar-refractivity contribution in [3.63, 3.8) is 0 Å². The number of alkyl carbamates (subject to hydrolysis) is 1. The van der Waals surface area contributed by atoms with Gasteiger partial charge in [-0.15, -0.1) is 6.58 Å². The van der Waals surface area contributed by atoms with Crippen LogP contribution >= 0.6 is 0 Å². The molecule has 0 aromatic heterocycles. The Hall–Kier alpha value is -3.61. The molecule has 7 nitrogen and oxygen atoms in total. The number of benzene rings is 2. The third-order valence-electron chi connectivity index (χ3n) is 6.27. The summed E-state index contributed by atoms with van der Waals surface area (Å²) >= 11 is 0. The van der Waals surface area contributed by atoms with Gasteiger partial charge in [-0.1, -0.05) is 68.5 Å². The fraction of sp³-hybridized carbons (Fsp3) is 0.370. The van der Waals surface area contributed by atoms with Gasteiger partial charge >= 0.3 is 12.1 Å². The van der Waals surface area contributed by atoms with E-state index in [1.807, 2.05) is 36.4 Å². The van der Waals surface area contributed by atoms with Crippen LogP contribution in [0.1, 0.15) is 44.2 Å². The third-order valence-corrected chi connectivity index (χ3v) is 6.27. The number of ether oxygens (including phenoxy) is 1. The lowest BCUT2D eigenvalue weighted by Crippen LogP contribution is -2.52. The standard InChI is InChI=1S/C27H32N2O5/c1-5-10-23(25(30)28-17(4)24(16(2)3)26(31)32)29-27(33)34-15-22-20-13-8-6-11-18(20)19-12-7-9-14-21(19)22/h5-9,11-14,16-17,22-24H,1,10,15H2,2-4H3,(H,28,30)(H,29,33)(H,31,32). The Labute approximate surface area is 200 Å². The molecule has 3 unspecified atom stereocenters. The summed E-state index contributed by atoms with van der Waals surface area (Å²) in [6.45, 7) is 9.01. The molecule has 0 fully saturated rings. The summed E-state index contributed by atoms with van der Waals surface area (Å²) in [5.41, 5.74) is 4.45. The van der Waals surface area contributed by atoms with Crippen molar-refractivity contribution < 1.29 is 24.2 Å². The zero-order valence-corrected chi connectivity index (χ0v) is 19.8. The van der Waals surface area contributed by atoms with Gasteiger partial charge in [0.1, 0.15) is 12.6 Å². The minimum absolute atomic E-state index is 0.0905. The zero-order chi connectivity index (χ0) is 24.8. The first-order valence-corrected chi connectivity index (χ1v) is 11.5. The van der Waals surface area contributed by atoms with Crippen molar-refractivity contribution in [3.05, 3.63) is 72.3 Å². The van der Waals surface area contributed by atoms with Crippen LogP contribution in [0.3, 0.4) is 0 Å². The topological polar surface area (TPSA) is 105 Å². The van der Waals surface area contributed by atoms with E-state index in [9.17, 15) is 19.5 Å². The lowest BCUT2D eigenvalue weighted by atomic mass is 9.89. The molecule has 0 spiro atoms. The Bertz CT molecular complexity index is 1020. The van der Waals surface area contributed by atoms with Gasteiger partial charge in [0.25, 0.3) is 0 Å². The van der Waals surface area contributed by atoms with E-state index in [0.29, 0.717) is 0 Å². The zero-order valence-electron chi connectivity index (χ0n) is 19.8. The molecule has 0 bridgehead atoms. The molecule has 1 aliphatic rings. The van der Waals surface area contributed by atoms with E-state index in [1.54, 1.807) is 20.8 Å². The molecular weight excluding hydrogens is 432 g/mol. The number of carboxylic acids is 1. The van der Waals surface area contributed by atoms with E-state index >= 15 is 0 Å². The summed E-state index contributed by atoms with van der Waals surface area (Å²) in [5, 5.41) is 14.8. The van der Waals surface area contributed by atoms with Crippen LogP contribution in [0.15, 0.2) is 61.2 Å². The van der Waals surface area contributed by atoms with Gasteiger partial charge in [-0.25, -0.2) is 4.79 Å². The van der Waals surface area contributed by atoms with E-state index in [1.165, 1.54) is 6.08 Å². The molecule has 3 N–H and O–H groups in total. The largest absolute Gasteiger partial charge is 0.481 e. The summed E-state index contributed by atoms with van der Waals surface area (Å²) in [6, 6.07) is 14.5. The Morgan fingerprint density at radius 1 is 1.00 bits per heavy atom. The lowest BCUT2D eigenvalue weighted by Gasteiger charge is -2.26. The minimum Gasteiger partial charge on any atom is -0.481 e. The molecule has 3 atom stereocenters. The number of hydrogen-bond acceptors (Lipinski definition) is 4. The Kier molecular flexibility index (Phi) is 8.10. The number of carbonyl (C=O) groups excluding carboxylic acids is 2. The van der Waals surface area contributed by atoms with Crippen molar-refractivity contribution in [2.24, 2.45) is 11.8 Å². The van der Waals surface area contributed by atoms with E-state index in [0.717, 1.165) is 22.3 Å². The molecule has 34 heavy (non-hydrogen) atoms. The summed E-state index contributed by atoms with van der Waals surface area (Å²) in [6.07, 6.45) is 0.993. The molecule has 7 heteroatoms. The quantitative estimate of drug-likeness (QED) is 0.454. The van der Waals surface area contributed by atoms with Gasteiger partial charge < -0.3 is 20.5 Å². The SMILES string of the molecule is C=CCC(NC(=O)OCC1c2ccccc2-c2ccccc21)C(=O)NC(C)C(C(=O)O)C(C)C. The van der Waals surface area contributed by atoms with Gasteiger partial charge in [0.15, 0.2) is 0 Å². The molecule has 2 aromatic carbocycles. The smallest absolute Gasteiger partial charge is 0.407 e. The van der Waals surface area contributed by atoms with E-state index < -0.39 is 36.0 Å². The van der Waals surface area contributed by atoms with Crippen LogP contribution in [-0.2, 0) is 14.3 Å². The van der Waals surface area contributed by atoms with Crippen molar-refractivity contribution in [1.82, 2.24) is 10.6 Å². The minimum atomic E-state index is -0.979. The molecule has 2 amide bonds. The first-order valence-electron chi connectivity index (χ1n) is 11.5. The number of amides is 2. The van der Waals surface area contributed by atoms with Crippen LogP contribution in [0, 0.1) is 11.8 Å². The number of hydrogen-bond donors (Lipinski definition) is 3. The predicted molar refractivity (Wildman–Crippen MR) is 130 cm³/mol. The number of carboxylic acid groups (broad SMARTS) is 1. The fourth-order valence-electron chi connectivity index (χ4n) is 4.67. The van der Waals surface area contributed by atoms with Crippen molar-refractivity contribution in [2.75, 3.05) is 6.61 Å². The number of aliphatic carboxylic acids is 1. The predicted octanol–water partition coefficient (Wildman–Crippen LogP) is 4.33. The second-order valence-electron chi connectivity index (χ2n) is 8.95. The number of rotatable bonds is 10. The maximum atomic E-state index is 12.8. The average Bonchev–Trinajstić information content (AvgIpc) is 3.10. The highest BCUT2D eigenvalue weighted by molar-refractivity contribution is 5.86. The summed E-state index contributed by atoms with van der Waals surface area (Å²) < 4.78 is 5.54. The Morgan fingerprint density at radius 3 is 2.06 bits per heavy atom. The molecule has 2 aromatic rings. The van der Waals surface area contributed by atoms with Gasteiger partial charge in [0.2, 0.25) is 5.91 Å². The molecule has 0 saturated heterocycles. The van der Waals surface area contributed by atoms with E-state index in [2.05, 4.69) is 29.3 Å². The fourth-order valence-corrected chi connectivity index (χ4v) is 4.67. The summed E-state index contributed by atoms with van der Waals surface area (Å²) in [7, 11) is 0. The maximum absolute atomic E-state index is 12.8. The monoisotopic (exact) mass is 464 g/mol. The Balaban J connectivity index is 1.64. The molecule has 3 rings (SSSR count). The second kappa shape index (κ2) is 11.0. The first kappa shape index (κ1) is 25.0.